The predicted molar refractivity (Wildman–Crippen MR) is 65.0 cm³/mol. The summed E-state index contributed by atoms with van der Waals surface area (Å²) in [6, 6.07) is 0. The Hall–Kier alpha value is -2.36. The Morgan fingerprint density at radius 2 is 2.24 bits per heavy atom. The number of hydrogen-bond acceptors (Lipinski definition) is 4. The topological polar surface area (TPSA) is 95.8 Å². The van der Waals surface area contributed by atoms with Crippen LogP contribution in [0, 0.1) is 0 Å². The van der Waals surface area contributed by atoms with E-state index in [0.29, 0.717) is 0 Å². The molecule has 7 nitrogen and oxygen atoms in total. The first-order valence-corrected chi connectivity index (χ1v) is 5.79. The molecule has 21 heavy (non-hydrogen) atoms. The fourth-order valence-electron chi connectivity index (χ4n) is 1.83. The summed E-state index contributed by atoms with van der Waals surface area (Å²) < 4.78 is 40.6. The van der Waals surface area contributed by atoms with Gasteiger partial charge in [0, 0.05) is 25.6 Å². The molecule has 0 saturated heterocycles. The Morgan fingerprint density at radius 1 is 1.52 bits per heavy atom. The summed E-state index contributed by atoms with van der Waals surface area (Å²) in [5, 5.41) is 18.1. The maximum atomic E-state index is 13.2. The molecule has 0 aromatic carbocycles. The van der Waals surface area contributed by atoms with Crippen LogP contribution in [0.15, 0.2) is 24.8 Å². The lowest BCUT2D eigenvalue weighted by atomic mass is 9.97. The molecule has 10 heteroatoms. The number of halogens is 3. The number of aliphatic hydroxyl groups is 1. The van der Waals surface area contributed by atoms with Crippen molar-refractivity contribution in [2.24, 2.45) is 7.05 Å². The number of carbonyl (C=O) groups is 1. The summed E-state index contributed by atoms with van der Waals surface area (Å²) >= 11 is 0. The SMILES string of the molecule is Cn1ccnc1C(O)(CC(=O)Nc1cn[nH]c1)C(F)(F)F. The lowest BCUT2D eigenvalue weighted by Crippen LogP contribution is -2.46. The first kappa shape index (κ1) is 15.0. The number of imidazole rings is 1. The van der Waals surface area contributed by atoms with Crippen LogP contribution in [0.25, 0.3) is 0 Å². The fraction of sp³-hybridized carbons (Fsp3) is 0.364. The molecule has 2 rings (SSSR count). The Bertz CT molecular complexity index is 622. The van der Waals surface area contributed by atoms with E-state index in [4.69, 9.17) is 0 Å². The second-order valence-electron chi connectivity index (χ2n) is 4.43. The summed E-state index contributed by atoms with van der Waals surface area (Å²) in [5.41, 5.74) is -3.18. The van der Waals surface area contributed by atoms with Crippen molar-refractivity contribution in [3.05, 3.63) is 30.6 Å². The molecule has 1 amide bonds. The third-order valence-corrected chi connectivity index (χ3v) is 2.86. The van der Waals surface area contributed by atoms with Crippen molar-refractivity contribution in [1.82, 2.24) is 19.7 Å². The number of hydrogen-bond donors (Lipinski definition) is 3. The van der Waals surface area contributed by atoms with E-state index in [1.807, 2.05) is 0 Å². The predicted octanol–water partition coefficient (Wildman–Crippen LogP) is 0.922. The van der Waals surface area contributed by atoms with Crippen molar-refractivity contribution < 1.29 is 23.1 Å². The molecular weight excluding hydrogens is 291 g/mol. The number of carbonyl (C=O) groups excluding carboxylic acids is 1. The highest BCUT2D eigenvalue weighted by Gasteiger charge is 2.58. The van der Waals surface area contributed by atoms with E-state index in [0.717, 1.165) is 10.8 Å². The molecule has 114 valence electrons. The Kier molecular flexibility index (Phi) is 3.73. The molecule has 0 fully saturated rings. The third kappa shape index (κ3) is 2.89. The van der Waals surface area contributed by atoms with Crippen LogP contribution in [0.4, 0.5) is 18.9 Å². The molecule has 0 radical (unpaired) electrons. The van der Waals surface area contributed by atoms with Gasteiger partial charge in [0.2, 0.25) is 11.5 Å². The van der Waals surface area contributed by atoms with Gasteiger partial charge in [0.15, 0.2) is 5.82 Å². The molecule has 1 atom stereocenters. The summed E-state index contributed by atoms with van der Waals surface area (Å²) in [4.78, 5) is 15.2. The summed E-state index contributed by atoms with van der Waals surface area (Å²) in [6.07, 6.45) is -1.39. The Labute approximate surface area is 116 Å². The highest BCUT2D eigenvalue weighted by atomic mass is 19.4. The van der Waals surface area contributed by atoms with Crippen molar-refractivity contribution in [1.29, 1.82) is 0 Å². The number of nitrogens with zero attached hydrogens (tertiary/aromatic N) is 3. The number of anilines is 1. The van der Waals surface area contributed by atoms with Crippen LogP contribution >= 0.6 is 0 Å². The van der Waals surface area contributed by atoms with Crippen molar-refractivity contribution >= 4 is 11.6 Å². The minimum Gasteiger partial charge on any atom is -0.374 e. The smallest absolute Gasteiger partial charge is 0.374 e. The quantitative estimate of drug-likeness (QED) is 0.782. The lowest BCUT2D eigenvalue weighted by Gasteiger charge is -2.29. The number of rotatable bonds is 4. The average molecular weight is 303 g/mol. The number of amides is 1. The third-order valence-electron chi connectivity index (χ3n) is 2.86. The van der Waals surface area contributed by atoms with Crippen LogP contribution in [0.3, 0.4) is 0 Å². The van der Waals surface area contributed by atoms with Crippen LogP contribution in [0.2, 0.25) is 0 Å². The van der Waals surface area contributed by atoms with Crippen molar-refractivity contribution in [3.63, 3.8) is 0 Å². The van der Waals surface area contributed by atoms with Gasteiger partial charge in [-0.05, 0) is 0 Å². The van der Waals surface area contributed by atoms with Crippen LogP contribution in [0.1, 0.15) is 12.2 Å². The number of aromatic amines is 1. The van der Waals surface area contributed by atoms with Crippen LogP contribution in [-0.2, 0) is 17.4 Å². The van der Waals surface area contributed by atoms with E-state index in [-0.39, 0.29) is 5.69 Å². The number of aryl methyl sites for hydroxylation is 1. The second-order valence-corrected chi connectivity index (χ2v) is 4.43. The van der Waals surface area contributed by atoms with Crippen LogP contribution in [0.5, 0.6) is 0 Å². The lowest BCUT2D eigenvalue weighted by molar-refractivity contribution is -0.270. The Morgan fingerprint density at radius 3 is 2.71 bits per heavy atom. The molecule has 0 aliphatic heterocycles. The molecule has 0 bridgehead atoms. The highest BCUT2D eigenvalue weighted by molar-refractivity contribution is 5.91. The zero-order valence-corrected chi connectivity index (χ0v) is 10.8. The van der Waals surface area contributed by atoms with Crippen molar-refractivity contribution in [2.75, 3.05) is 5.32 Å². The van der Waals surface area contributed by atoms with Crippen molar-refractivity contribution in [3.8, 4) is 0 Å². The summed E-state index contributed by atoms with van der Waals surface area (Å²) in [6.45, 7) is 0. The number of aromatic nitrogens is 4. The van der Waals surface area contributed by atoms with Gasteiger partial charge in [0.05, 0.1) is 18.3 Å². The van der Waals surface area contributed by atoms with Gasteiger partial charge in [0.1, 0.15) is 0 Å². The number of alkyl halides is 3. The first-order chi connectivity index (χ1) is 9.74. The van der Waals surface area contributed by atoms with Crippen molar-refractivity contribution in [2.45, 2.75) is 18.2 Å². The van der Waals surface area contributed by atoms with E-state index in [1.165, 1.54) is 25.6 Å². The van der Waals surface area contributed by atoms with Crippen LogP contribution in [-0.4, -0.2) is 36.9 Å². The average Bonchev–Trinajstić information content (AvgIpc) is 2.98. The molecule has 0 spiro atoms. The maximum absolute atomic E-state index is 13.2. The highest BCUT2D eigenvalue weighted by Crippen LogP contribution is 2.40. The van der Waals surface area contributed by atoms with E-state index < -0.39 is 29.9 Å². The minimum absolute atomic E-state index is 0.198. The van der Waals surface area contributed by atoms with E-state index >= 15 is 0 Å². The van der Waals surface area contributed by atoms with Gasteiger partial charge in [-0.3, -0.25) is 9.89 Å². The van der Waals surface area contributed by atoms with Gasteiger partial charge in [-0.15, -0.1) is 0 Å². The van der Waals surface area contributed by atoms with Gasteiger partial charge < -0.3 is 15.0 Å². The Balaban J connectivity index is 2.26. The van der Waals surface area contributed by atoms with E-state index in [2.05, 4.69) is 20.5 Å². The van der Waals surface area contributed by atoms with Gasteiger partial charge in [-0.1, -0.05) is 0 Å². The van der Waals surface area contributed by atoms with Crippen LogP contribution < -0.4 is 5.32 Å². The van der Waals surface area contributed by atoms with Gasteiger partial charge in [0.25, 0.3) is 0 Å². The molecule has 3 N–H and O–H groups in total. The molecule has 0 aliphatic carbocycles. The second kappa shape index (κ2) is 5.20. The zero-order valence-electron chi connectivity index (χ0n) is 10.8. The standard InChI is InChI=1S/C11H12F3N5O2/c1-19-3-2-15-9(19)10(21,11(12,13)14)4-8(20)18-7-5-16-17-6-7/h2-3,5-6,21H,4H2,1H3,(H,16,17)(H,18,20). The molecule has 0 aliphatic rings. The largest absolute Gasteiger partial charge is 0.425 e. The molecule has 1 unspecified atom stereocenters. The summed E-state index contributed by atoms with van der Waals surface area (Å²) in [5.74, 6) is -1.67. The molecule has 0 saturated carbocycles. The molecule has 2 heterocycles. The van der Waals surface area contributed by atoms with Gasteiger partial charge >= 0.3 is 6.18 Å². The summed E-state index contributed by atoms with van der Waals surface area (Å²) in [7, 11) is 1.30. The normalized spacial score (nSPS) is 14.7. The number of nitrogens with one attached hydrogen (secondary N) is 2. The van der Waals surface area contributed by atoms with E-state index in [1.54, 1.807) is 0 Å². The number of H-pyrrole nitrogens is 1. The van der Waals surface area contributed by atoms with Gasteiger partial charge in [-0.2, -0.15) is 18.3 Å². The molecular formula is C11H12F3N5O2. The first-order valence-electron chi connectivity index (χ1n) is 5.79. The van der Waals surface area contributed by atoms with E-state index in [9.17, 15) is 23.1 Å². The molecule has 2 aromatic heterocycles. The van der Waals surface area contributed by atoms with Gasteiger partial charge in [-0.25, -0.2) is 4.98 Å². The minimum atomic E-state index is -5.06. The monoisotopic (exact) mass is 303 g/mol. The zero-order chi connectivity index (χ0) is 15.7. The fourth-order valence-corrected chi connectivity index (χ4v) is 1.83. The maximum Gasteiger partial charge on any atom is 0.425 e. The molecule has 2 aromatic rings.